The first-order chi connectivity index (χ1) is 7.35. The molecular weight excluding hydrogens is 184 g/mol. The van der Waals surface area contributed by atoms with Crippen molar-refractivity contribution in [1.29, 1.82) is 0 Å². The summed E-state index contributed by atoms with van der Waals surface area (Å²) in [7, 11) is 1.83. The molecule has 15 heavy (non-hydrogen) atoms. The summed E-state index contributed by atoms with van der Waals surface area (Å²) >= 11 is 0. The molecule has 0 aromatic carbocycles. The molecule has 1 nitrogen and oxygen atoms in total. The Bertz CT molecular complexity index is 112. The van der Waals surface area contributed by atoms with Crippen molar-refractivity contribution in [2.75, 3.05) is 13.7 Å². The largest absolute Gasteiger partial charge is 0.384 e. The van der Waals surface area contributed by atoms with Crippen LogP contribution in [0.3, 0.4) is 0 Å². The molecule has 0 N–H and O–H groups in total. The second kappa shape index (κ2) is 12.0. The minimum atomic E-state index is 0.818. The quantitative estimate of drug-likeness (QED) is 0.449. The van der Waals surface area contributed by atoms with Crippen molar-refractivity contribution < 1.29 is 4.74 Å². The van der Waals surface area contributed by atoms with Gasteiger partial charge in [0.15, 0.2) is 0 Å². The molecule has 0 rings (SSSR count). The first-order valence-electron chi connectivity index (χ1n) is 6.84. The molecule has 0 aromatic rings. The van der Waals surface area contributed by atoms with Crippen molar-refractivity contribution in [3.05, 3.63) is 0 Å². The van der Waals surface area contributed by atoms with Crippen molar-refractivity contribution in [3.8, 4) is 0 Å². The molecule has 0 bridgehead atoms. The lowest BCUT2D eigenvalue weighted by atomic mass is 9.95. The van der Waals surface area contributed by atoms with Crippen molar-refractivity contribution in [2.24, 2.45) is 5.92 Å². The number of unbranched alkanes of at least 4 members (excludes halogenated alkanes) is 5. The molecule has 0 saturated heterocycles. The highest BCUT2D eigenvalue weighted by molar-refractivity contribution is 4.59. The second-order valence-corrected chi connectivity index (χ2v) is 4.67. The summed E-state index contributed by atoms with van der Waals surface area (Å²) in [6.45, 7) is 5.51. The summed E-state index contributed by atoms with van der Waals surface area (Å²) in [6, 6.07) is 0. The van der Waals surface area contributed by atoms with Crippen LogP contribution in [0.5, 0.6) is 0 Å². The zero-order valence-corrected chi connectivity index (χ0v) is 11.1. The van der Waals surface area contributed by atoms with Gasteiger partial charge < -0.3 is 4.74 Å². The molecular formula is C14H30O. The number of rotatable bonds is 11. The van der Waals surface area contributed by atoms with Crippen LogP contribution < -0.4 is 0 Å². The maximum Gasteiger partial charge on any atom is 0.0490 e. The molecule has 0 heterocycles. The van der Waals surface area contributed by atoms with E-state index in [0.29, 0.717) is 0 Å². The smallest absolute Gasteiger partial charge is 0.0490 e. The molecule has 1 atom stereocenters. The normalized spacial score (nSPS) is 13.0. The third-order valence-electron chi connectivity index (χ3n) is 3.08. The van der Waals surface area contributed by atoms with Gasteiger partial charge in [-0.25, -0.2) is 0 Å². The maximum absolute atomic E-state index is 5.29. The Morgan fingerprint density at radius 1 is 0.800 bits per heavy atom. The van der Waals surface area contributed by atoms with Crippen molar-refractivity contribution in [2.45, 2.75) is 71.6 Å². The lowest BCUT2D eigenvalue weighted by Gasteiger charge is -2.15. The lowest BCUT2D eigenvalue weighted by Crippen LogP contribution is -2.08. The van der Waals surface area contributed by atoms with Crippen molar-refractivity contribution >= 4 is 0 Å². The number of ether oxygens (including phenoxy) is 1. The van der Waals surface area contributed by atoms with Crippen LogP contribution in [0.4, 0.5) is 0 Å². The third-order valence-corrected chi connectivity index (χ3v) is 3.08. The maximum atomic E-state index is 5.29. The fourth-order valence-electron chi connectivity index (χ4n) is 2.09. The summed E-state index contributed by atoms with van der Waals surface area (Å²) in [6.07, 6.45) is 12.4. The van der Waals surface area contributed by atoms with E-state index in [1.165, 1.54) is 57.8 Å². The standard InChI is InChI=1S/C14H30O/c1-4-6-8-10-12-14(13-15-3)11-9-7-5-2/h14H,4-13H2,1-3H3. The minimum Gasteiger partial charge on any atom is -0.384 e. The van der Waals surface area contributed by atoms with E-state index in [-0.39, 0.29) is 0 Å². The summed E-state index contributed by atoms with van der Waals surface area (Å²) in [5.41, 5.74) is 0. The van der Waals surface area contributed by atoms with Crippen LogP contribution in [0.25, 0.3) is 0 Å². The summed E-state index contributed by atoms with van der Waals surface area (Å²) in [5, 5.41) is 0. The van der Waals surface area contributed by atoms with Crippen LogP contribution in [0.15, 0.2) is 0 Å². The third kappa shape index (κ3) is 10.2. The van der Waals surface area contributed by atoms with E-state index in [4.69, 9.17) is 4.74 Å². The average molecular weight is 214 g/mol. The summed E-state index contributed by atoms with van der Waals surface area (Å²) in [4.78, 5) is 0. The summed E-state index contributed by atoms with van der Waals surface area (Å²) < 4.78 is 5.29. The van der Waals surface area contributed by atoms with Crippen LogP contribution in [0.2, 0.25) is 0 Å². The topological polar surface area (TPSA) is 9.23 Å². The zero-order valence-electron chi connectivity index (χ0n) is 11.1. The molecule has 1 heteroatoms. The van der Waals surface area contributed by atoms with Gasteiger partial charge in [0.2, 0.25) is 0 Å². The van der Waals surface area contributed by atoms with Crippen LogP contribution in [-0.4, -0.2) is 13.7 Å². The molecule has 0 saturated carbocycles. The molecule has 0 aliphatic rings. The minimum absolute atomic E-state index is 0.818. The van der Waals surface area contributed by atoms with Gasteiger partial charge in [-0.05, 0) is 18.8 Å². The van der Waals surface area contributed by atoms with Crippen LogP contribution in [0.1, 0.15) is 71.6 Å². The molecule has 0 spiro atoms. The molecule has 1 unspecified atom stereocenters. The van der Waals surface area contributed by atoms with E-state index in [2.05, 4.69) is 13.8 Å². The number of hydrogen-bond donors (Lipinski definition) is 0. The monoisotopic (exact) mass is 214 g/mol. The van der Waals surface area contributed by atoms with Gasteiger partial charge in [0, 0.05) is 13.7 Å². The van der Waals surface area contributed by atoms with Gasteiger partial charge in [-0.2, -0.15) is 0 Å². The van der Waals surface area contributed by atoms with E-state index >= 15 is 0 Å². The van der Waals surface area contributed by atoms with E-state index < -0.39 is 0 Å². The highest BCUT2D eigenvalue weighted by Crippen LogP contribution is 2.18. The van der Waals surface area contributed by atoms with Crippen LogP contribution >= 0.6 is 0 Å². The fourth-order valence-corrected chi connectivity index (χ4v) is 2.09. The summed E-state index contributed by atoms with van der Waals surface area (Å²) in [5.74, 6) is 0.818. The van der Waals surface area contributed by atoms with Gasteiger partial charge in [-0.3, -0.25) is 0 Å². The van der Waals surface area contributed by atoms with E-state index in [1.807, 2.05) is 7.11 Å². The first kappa shape index (κ1) is 15.0. The SMILES string of the molecule is CCCCCCC(CCCCC)COC. The van der Waals surface area contributed by atoms with Gasteiger partial charge in [0.05, 0.1) is 0 Å². The Hall–Kier alpha value is -0.0400. The van der Waals surface area contributed by atoms with Gasteiger partial charge in [0.25, 0.3) is 0 Å². The fraction of sp³-hybridized carbons (Fsp3) is 1.00. The van der Waals surface area contributed by atoms with Gasteiger partial charge >= 0.3 is 0 Å². The van der Waals surface area contributed by atoms with Crippen molar-refractivity contribution in [1.82, 2.24) is 0 Å². The Kier molecular flexibility index (Phi) is 12.0. The van der Waals surface area contributed by atoms with E-state index in [1.54, 1.807) is 0 Å². The predicted molar refractivity (Wildman–Crippen MR) is 68.3 cm³/mol. The zero-order chi connectivity index (χ0) is 11.4. The van der Waals surface area contributed by atoms with Gasteiger partial charge in [-0.1, -0.05) is 58.8 Å². The highest BCUT2D eigenvalue weighted by atomic mass is 16.5. The number of methoxy groups -OCH3 is 1. The van der Waals surface area contributed by atoms with Crippen molar-refractivity contribution in [3.63, 3.8) is 0 Å². The molecule has 0 aromatic heterocycles. The van der Waals surface area contributed by atoms with Gasteiger partial charge in [0.1, 0.15) is 0 Å². The number of hydrogen-bond acceptors (Lipinski definition) is 1. The predicted octanol–water partition coefficient (Wildman–Crippen LogP) is 4.80. The molecule has 0 aliphatic heterocycles. The lowest BCUT2D eigenvalue weighted by molar-refractivity contribution is 0.140. The molecule has 0 radical (unpaired) electrons. The average Bonchev–Trinajstić information content (AvgIpc) is 2.24. The van der Waals surface area contributed by atoms with E-state index in [0.717, 1.165) is 12.5 Å². The molecule has 0 fully saturated rings. The Labute approximate surface area is 96.6 Å². The van der Waals surface area contributed by atoms with Crippen LogP contribution in [0, 0.1) is 5.92 Å². The Morgan fingerprint density at radius 3 is 1.87 bits per heavy atom. The van der Waals surface area contributed by atoms with E-state index in [9.17, 15) is 0 Å². The highest BCUT2D eigenvalue weighted by Gasteiger charge is 2.07. The van der Waals surface area contributed by atoms with Gasteiger partial charge in [-0.15, -0.1) is 0 Å². The first-order valence-corrected chi connectivity index (χ1v) is 6.84. The Morgan fingerprint density at radius 2 is 1.33 bits per heavy atom. The molecule has 0 aliphatic carbocycles. The Balaban J connectivity index is 3.44. The second-order valence-electron chi connectivity index (χ2n) is 4.67. The molecule has 0 amide bonds. The van der Waals surface area contributed by atoms with Crippen LogP contribution in [-0.2, 0) is 4.74 Å². The molecule has 92 valence electrons.